The normalized spacial score (nSPS) is 17.9. The Labute approximate surface area is 231 Å². The summed E-state index contributed by atoms with van der Waals surface area (Å²) in [5.41, 5.74) is 2.52. The second-order valence-electron chi connectivity index (χ2n) is 9.03. The maximum absolute atomic E-state index is 6.43. The van der Waals surface area contributed by atoms with Crippen LogP contribution in [0.25, 0.3) is 0 Å². The minimum absolute atomic E-state index is 0.0459. The SMILES string of the molecule is CC(OCP1(=[Se])COc2ccccc2C=Nc2ccccc2N=Cc2ccccc2OC1)c1ccccc1. The van der Waals surface area contributed by atoms with Gasteiger partial charge in [0.25, 0.3) is 0 Å². The zero-order valence-electron chi connectivity index (χ0n) is 21.1. The third-order valence-electron chi connectivity index (χ3n) is 6.14. The molecule has 4 aromatic carbocycles. The molecule has 1 heterocycles. The van der Waals surface area contributed by atoms with Gasteiger partial charge < -0.3 is 0 Å². The summed E-state index contributed by atoms with van der Waals surface area (Å²) in [6.07, 6.45) is 5.07. The summed E-state index contributed by atoms with van der Waals surface area (Å²) < 4.78 is 19.2. The molecule has 1 aliphatic rings. The molecule has 0 amide bonds. The van der Waals surface area contributed by atoms with E-state index >= 15 is 0 Å². The van der Waals surface area contributed by atoms with Crippen LogP contribution in [0.5, 0.6) is 11.5 Å². The first-order valence-corrected chi connectivity index (χ1v) is 17.0. The number of rotatable bonds is 4. The summed E-state index contributed by atoms with van der Waals surface area (Å²) in [7, 11) is 0. The first kappa shape index (κ1) is 26.3. The van der Waals surface area contributed by atoms with Gasteiger partial charge in [-0.15, -0.1) is 0 Å². The molecule has 4 aromatic rings. The fraction of sp³-hybridized carbons (Fsp3) is 0.161. The third-order valence-corrected chi connectivity index (χ3v) is 9.95. The van der Waals surface area contributed by atoms with E-state index in [4.69, 9.17) is 24.2 Å². The summed E-state index contributed by atoms with van der Waals surface area (Å²) in [6.45, 7) is 2.08. The number of ether oxygens (including phenoxy) is 3. The molecule has 0 radical (unpaired) electrons. The van der Waals surface area contributed by atoms with E-state index in [1.807, 2.05) is 103 Å². The number of benzene rings is 4. The summed E-state index contributed by atoms with van der Waals surface area (Å²) >= 11 is 3.44. The van der Waals surface area contributed by atoms with Crippen LogP contribution in [0.2, 0.25) is 0 Å². The van der Waals surface area contributed by atoms with Gasteiger partial charge in [-0.25, -0.2) is 0 Å². The van der Waals surface area contributed by atoms with Crippen molar-refractivity contribution in [2.75, 3.05) is 19.0 Å². The fourth-order valence-electron chi connectivity index (χ4n) is 3.95. The van der Waals surface area contributed by atoms with Crippen molar-refractivity contribution < 1.29 is 14.2 Å². The van der Waals surface area contributed by atoms with E-state index in [2.05, 4.69) is 34.2 Å². The molecule has 1 unspecified atom stereocenters. The molecule has 0 saturated heterocycles. The topological polar surface area (TPSA) is 52.4 Å². The van der Waals surface area contributed by atoms with Crippen molar-refractivity contribution in [3.8, 4) is 11.5 Å². The molecular formula is C31H29N2O3PSe. The molecule has 0 bridgehead atoms. The molecule has 0 saturated carbocycles. The van der Waals surface area contributed by atoms with E-state index in [0.29, 0.717) is 19.0 Å². The monoisotopic (exact) mass is 588 g/mol. The average Bonchev–Trinajstić information content (AvgIpc) is 2.97. The molecule has 7 heteroatoms. The van der Waals surface area contributed by atoms with Crippen molar-refractivity contribution in [2.45, 2.75) is 13.0 Å². The Morgan fingerprint density at radius 2 is 1.18 bits per heavy atom. The summed E-state index contributed by atoms with van der Waals surface area (Å²) in [6, 6.07) is 33.9. The first-order valence-electron chi connectivity index (χ1n) is 12.4. The second kappa shape index (κ2) is 12.5. The zero-order chi connectivity index (χ0) is 26.2. The van der Waals surface area contributed by atoms with Crippen LogP contribution >= 0.6 is 5.51 Å². The average molecular weight is 588 g/mol. The van der Waals surface area contributed by atoms with Crippen molar-refractivity contribution in [3.05, 3.63) is 120 Å². The van der Waals surface area contributed by atoms with Gasteiger partial charge in [-0.1, -0.05) is 0 Å². The molecule has 1 atom stereocenters. The van der Waals surface area contributed by atoms with Crippen molar-refractivity contribution >= 4 is 44.4 Å². The van der Waals surface area contributed by atoms with E-state index < -0.39 is 5.51 Å². The number of aliphatic imine (C=N–C) groups is 2. The van der Waals surface area contributed by atoms with Gasteiger partial charge in [0, 0.05) is 0 Å². The van der Waals surface area contributed by atoms with Gasteiger partial charge in [-0.3, -0.25) is 0 Å². The Balaban J connectivity index is 1.48. The molecule has 5 rings (SSSR count). The Hall–Kier alpha value is -3.27. The Morgan fingerprint density at radius 3 is 1.74 bits per heavy atom. The van der Waals surface area contributed by atoms with Gasteiger partial charge in [0.1, 0.15) is 0 Å². The van der Waals surface area contributed by atoms with Gasteiger partial charge >= 0.3 is 232 Å². The van der Waals surface area contributed by atoms with Crippen LogP contribution < -0.4 is 9.47 Å². The molecule has 192 valence electrons. The number of nitrogens with zero attached hydrogens (tertiary/aromatic N) is 2. The van der Waals surface area contributed by atoms with Gasteiger partial charge in [-0.2, -0.15) is 0 Å². The Bertz CT molecular complexity index is 1400. The van der Waals surface area contributed by atoms with Crippen LogP contribution in [0.4, 0.5) is 11.4 Å². The molecule has 0 N–H and O–H groups in total. The first-order chi connectivity index (χ1) is 18.6. The summed E-state index contributed by atoms with van der Waals surface area (Å²) in [5, 5.41) is 0. The number of para-hydroxylation sites is 4. The van der Waals surface area contributed by atoms with Crippen molar-refractivity contribution in [3.63, 3.8) is 0 Å². The third kappa shape index (κ3) is 6.78. The van der Waals surface area contributed by atoms with E-state index in [1.165, 1.54) is 0 Å². The minimum atomic E-state index is -1.98. The number of hydrogen-bond donors (Lipinski definition) is 0. The van der Waals surface area contributed by atoms with Gasteiger partial charge in [0.2, 0.25) is 0 Å². The van der Waals surface area contributed by atoms with Crippen LogP contribution in [-0.2, 0) is 4.74 Å². The Morgan fingerprint density at radius 1 is 0.711 bits per heavy atom. The second-order valence-corrected chi connectivity index (χ2v) is 16.8. The molecular weight excluding hydrogens is 558 g/mol. The summed E-state index contributed by atoms with van der Waals surface area (Å²) in [4.78, 5) is 9.50. The van der Waals surface area contributed by atoms with E-state index in [0.717, 1.165) is 39.6 Å². The molecule has 0 aliphatic carbocycles. The Kier molecular flexibility index (Phi) is 8.68. The number of hydrogen-bond acceptors (Lipinski definition) is 5. The van der Waals surface area contributed by atoms with E-state index in [1.54, 1.807) is 0 Å². The predicted molar refractivity (Wildman–Crippen MR) is 158 cm³/mol. The van der Waals surface area contributed by atoms with Crippen LogP contribution in [0.1, 0.15) is 29.7 Å². The molecule has 1 aliphatic heterocycles. The molecule has 0 aromatic heterocycles. The van der Waals surface area contributed by atoms with Crippen molar-refractivity contribution in [1.82, 2.24) is 0 Å². The quantitative estimate of drug-likeness (QED) is 0.182. The van der Waals surface area contributed by atoms with Crippen LogP contribution in [0.3, 0.4) is 0 Å². The van der Waals surface area contributed by atoms with Gasteiger partial charge in [0.15, 0.2) is 0 Å². The maximum atomic E-state index is 6.43. The zero-order valence-corrected chi connectivity index (χ0v) is 23.8. The van der Waals surface area contributed by atoms with Gasteiger partial charge in [-0.05, 0) is 0 Å². The molecule has 0 fully saturated rings. The molecule has 38 heavy (non-hydrogen) atoms. The number of fused-ring (bicyclic) bond motifs is 3. The van der Waals surface area contributed by atoms with Crippen molar-refractivity contribution in [2.24, 2.45) is 9.98 Å². The van der Waals surface area contributed by atoms with E-state index in [9.17, 15) is 0 Å². The van der Waals surface area contributed by atoms with Crippen molar-refractivity contribution in [1.29, 1.82) is 0 Å². The fourth-order valence-corrected chi connectivity index (χ4v) is 6.47. The summed E-state index contributed by atoms with van der Waals surface area (Å²) in [5.74, 6) is 1.53. The predicted octanol–water partition coefficient (Wildman–Crippen LogP) is 7.71. The standard InChI is InChI=1S/C31H29N2O3PSe/c1-24(25-11-3-2-4-12-25)34-21-37(38)22-35-30-17-9-5-13-26(30)19-32-28-15-7-8-16-29(28)33-20-27-14-6-10-18-31(27)36-23-37/h2-20,24H,21-23H2,1H3. The van der Waals surface area contributed by atoms with Crippen LogP contribution in [-0.4, -0.2) is 46.6 Å². The van der Waals surface area contributed by atoms with Crippen LogP contribution in [0, 0.1) is 0 Å². The molecule has 0 spiro atoms. The van der Waals surface area contributed by atoms with Gasteiger partial charge in [0.05, 0.1) is 0 Å². The van der Waals surface area contributed by atoms with Crippen LogP contribution in [0.15, 0.2) is 113 Å². The van der Waals surface area contributed by atoms with E-state index in [-0.39, 0.29) is 6.10 Å². The molecule has 5 nitrogen and oxygen atoms in total.